The Morgan fingerprint density at radius 1 is 1.28 bits per heavy atom. The van der Waals surface area contributed by atoms with E-state index in [1.807, 2.05) is 11.8 Å². The molecule has 0 spiro atoms. The molecule has 3 N–H and O–H groups in total. The third kappa shape index (κ3) is 4.44. The van der Waals surface area contributed by atoms with E-state index in [2.05, 4.69) is 5.32 Å². The summed E-state index contributed by atoms with van der Waals surface area (Å²) in [6.07, 6.45) is 5.64. The molecular formula is C13H24N2O2S. The van der Waals surface area contributed by atoms with E-state index >= 15 is 0 Å². The summed E-state index contributed by atoms with van der Waals surface area (Å²) < 4.78 is 5.77. The summed E-state index contributed by atoms with van der Waals surface area (Å²) in [5, 5.41) is 2.97. The van der Waals surface area contributed by atoms with Crippen LogP contribution in [0.3, 0.4) is 0 Å². The number of nitrogens with two attached hydrogens (primary N) is 1. The molecule has 1 aliphatic carbocycles. The molecular weight excluding hydrogens is 248 g/mol. The van der Waals surface area contributed by atoms with Gasteiger partial charge in [0.1, 0.15) is 0 Å². The summed E-state index contributed by atoms with van der Waals surface area (Å²) in [5.74, 6) is 2.53. The fraction of sp³-hybridized carbons (Fsp3) is 0.923. The van der Waals surface area contributed by atoms with Gasteiger partial charge in [0.15, 0.2) is 0 Å². The van der Waals surface area contributed by atoms with Crippen LogP contribution in [0.25, 0.3) is 0 Å². The monoisotopic (exact) mass is 272 g/mol. The molecule has 1 atom stereocenters. The van der Waals surface area contributed by atoms with Gasteiger partial charge in [-0.3, -0.25) is 4.79 Å². The fourth-order valence-electron chi connectivity index (χ4n) is 2.54. The predicted molar refractivity (Wildman–Crippen MR) is 74.6 cm³/mol. The Bertz CT molecular complexity index is 262. The SMILES string of the molecule is NC1CCC(OCCNC(=O)C2CCSC2)CC1. The Labute approximate surface area is 113 Å². The van der Waals surface area contributed by atoms with Crippen molar-refractivity contribution < 1.29 is 9.53 Å². The number of amides is 1. The van der Waals surface area contributed by atoms with Crippen LogP contribution in [-0.2, 0) is 9.53 Å². The maximum Gasteiger partial charge on any atom is 0.224 e. The first kappa shape index (κ1) is 14.2. The van der Waals surface area contributed by atoms with Crippen molar-refractivity contribution in [3.8, 4) is 0 Å². The Morgan fingerprint density at radius 2 is 2.06 bits per heavy atom. The van der Waals surface area contributed by atoms with Crippen LogP contribution in [0.4, 0.5) is 0 Å². The molecule has 4 nitrogen and oxygen atoms in total. The van der Waals surface area contributed by atoms with E-state index in [0.717, 1.165) is 43.6 Å². The molecule has 18 heavy (non-hydrogen) atoms. The molecule has 2 fully saturated rings. The molecule has 0 aromatic carbocycles. The standard InChI is InChI=1S/C13H24N2O2S/c14-11-1-3-12(4-2-11)17-7-6-15-13(16)10-5-8-18-9-10/h10-12H,1-9,14H2,(H,15,16). The van der Waals surface area contributed by atoms with E-state index < -0.39 is 0 Å². The van der Waals surface area contributed by atoms with E-state index in [0.29, 0.717) is 25.3 Å². The normalized spacial score (nSPS) is 32.4. The van der Waals surface area contributed by atoms with E-state index in [1.54, 1.807) is 0 Å². The lowest BCUT2D eigenvalue weighted by molar-refractivity contribution is -0.124. The number of ether oxygens (including phenoxy) is 1. The number of nitrogens with one attached hydrogen (secondary N) is 1. The summed E-state index contributed by atoms with van der Waals surface area (Å²) in [7, 11) is 0. The smallest absolute Gasteiger partial charge is 0.224 e. The van der Waals surface area contributed by atoms with Gasteiger partial charge < -0.3 is 15.8 Å². The Balaban J connectivity index is 1.51. The third-order valence-corrected chi connectivity index (χ3v) is 4.94. The van der Waals surface area contributed by atoms with Crippen LogP contribution in [-0.4, -0.2) is 42.7 Å². The van der Waals surface area contributed by atoms with Crippen LogP contribution >= 0.6 is 11.8 Å². The van der Waals surface area contributed by atoms with E-state index in [1.165, 1.54) is 0 Å². The first-order valence-corrected chi connectivity index (χ1v) is 8.14. The van der Waals surface area contributed by atoms with Crippen LogP contribution < -0.4 is 11.1 Å². The number of hydrogen-bond acceptors (Lipinski definition) is 4. The number of carbonyl (C=O) groups is 1. The highest BCUT2D eigenvalue weighted by atomic mass is 32.2. The molecule has 0 radical (unpaired) electrons. The second-order valence-corrected chi connectivity index (χ2v) is 6.41. The van der Waals surface area contributed by atoms with Gasteiger partial charge in [-0.2, -0.15) is 11.8 Å². The number of rotatable bonds is 5. The van der Waals surface area contributed by atoms with Gasteiger partial charge in [0.2, 0.25) is 5.91 Å². The molecule has 1 aliphatic heterocycles. The van der Waals surface area contributed by atoms with Gasteiger partial charge in [-0.05, 0) is 37.9 Å². The maximum absolute atomic E-state index is 11.7. The van der Waals surface area contributed by atoms with E-state index in [4.69, 9.17) is 10.5 Å². The number of thioether (sulfide) groups is 1. The second kappa shape index (κ2) is 7.36. The van der Waals surface area contributed by atoms with E-state index in [-0.39, 0.29) is 11.8 Å². The van der Waals surface area contributed by atoms with Crippen molar-refractivity contribution in [2.45, 2.75) is 44.2 Å². The first-order chi connectivity index (χ1) is 8.75. The summed E-state index contributed by atoms with van der Waals surface area (Å²) in [5.41, 5.74) is 5.85. The van der Waals surface area contributed by atoms with Gasteiger partial charge >= 0.3 is 0 Å². The molecule has 1 saturated carbocycles. The molecule has 1 unspecified atom stereocenters. The quantitative estimate of drug-likeness (QED) is 0.737. The topological polar surface area (TPSA) is 64.3 Å². The molecule has 1 heterocycles. The van der Waals surface area contributed by atoms with Crippen LogP contribution in [0.5, 0.6) is 0 Å². The number of carbonyl (C=O) groups excluding carboxylic acids is 1. The second-order valence-electron chi connectivity index (χ2n) is 5.26. The van der Waals surface area contributed by atoms with Crippen molar-refractivity contribution in [3.63, 3.8) is 0 Å². The Morgan fingerprint density at radius 3 is 2.72 bits per heavy atom. The molecule has 2 aliphatic rings. The minimum absolute atomic E-state index is 0.203. The molecule has 104 valence electrons. The molecule has 0 aromatic rings. The first-order valence-electron chi connectivity index (χ1n) is 6.98. The molecule has 2 rings (SSSR count). The molecule has 1 amide bonds. The van der Waals surface area contributed by atoms with Crippen LogP contribution in [0, 0.1) is 5.92 Å². The molecule has 5 heteroatoms. The van der Waals surface area contributed by atoms with Gasteiger partial charge in [-0.15, -0.1) is 0 Å². The maximum atomic E-state index is 11.7. The van der Waals surface area contributed by atoms with Gasteiger partial charge in [0.25, 0.3) is 0 Å². The Hall–Kier alpha value is -0.260. The minimum atomic E-state index is 0.203. The lowest BCUT2D eigenvalue weighted by Crippen LogP contribution is -2.35. The highest BCUT2D eigenvalue weighted by Gasteiger charge is 2.23. The fourth-order valence-corrected chi connectivity index (χ4v) is 3.76. The van der Waals surface area contributed by atoms with Gasteiger partial charge in [0, 0.05) is 24.3 Å². The predicted octanol–water partition coefficient (Wildman–Crippen LogP) is 1.14. The zero-order chi connectivity index (χ0) is 12.8. The van der Waals surface area contributed by atoms with Crippen LogP contribution in [0.15, 0.2) is 0 Å². The Kier molecular flexibility index (Phi) is 5.79. The molecule has 0 aromatic heterocycles. The third-order valence-electron chi connectivity index (χ3n) is 3.77. The van der Waals surface area contributed by atoms with Gasteiger partial charge in [0.05, 0.1) is 12.7 Å². The highest BCUT2D eigenvalue weighted by molar-refractivity contribution is 7.99. The van der Waals surface area contributed by atoms with Gasteiger partial charge in [-0.1, -0.05) is 0 Å². The van der Waals surface area contributed by atoms with Crippen molar-refractivity contribution >= 4 is 17.7 Å². The van der Waals surface area contributed by atoms with Crippen molar-refractivity contribution in [1.82, 2.24) is 5.32 Å². The average molecular weight is 272 g/mol. The highest BCUT2D eigenvalue weighted by Crippen LogP contribution is 2.23. The largest absolute Gasteiger partial charge is 0.376 e. The van der Waals surface area contributed by atoms with Crippen molar-refractivity contribution in [3.05, 3.63) is 0 Å². The minimum Gasteiger partial charge on any atom is -0.376 e. The molecule has 1 saturated heterocycles. The summed E-state index contributed by atoms with van der Waals surface area (Å²) in [6, 6.07) is 0.365. The van der Waals surface area contributed by atoms with Crippen molar-refractivity contribution in [2.24, 2.45) is 11.7 Å². The zero-order valence-corrected chi connectivity index (χ0v) is 11.7. The van der Waals surface area contributed by atoms with Crippen molar-refractivity contribution in [1.29, 1.82) is 0 Å². The molecule has 0 bridgehead atoms. The summed E-state index contributed by atoms with van der Waals surface area (Å²) >= 11 is 1.87. The van der Waals surface area contributed by atoms with Crippen molar-refractivity contribution in [2.75, 3.05) is 24.7 Å². The summed E-state index contributed by atoms with van der Waals surface area (Å²) in [4.78, 5) is 11.7. The lowest BCUT2D eigenvalue weighted by Gasteiger charge is -2.26. The van der Waals surface area contributed by atoms with Crippen LogP contribution in [0.2, 0.25) is 0 Å². The van der Waals surface area contributed by atoms with Gasteiger partial charge in [-0.25, -0.2) is 0 Å². The van der Waals surface area contributed by atoms with Crippen LogP contribution in [0.1, 0.15) is 32.1 Å². The average Bonchev–Trinajstić information content (AvgIpc) is 2.90. The number of hydrogen-bond donors (Lipinski definition) is 2. The van der Waals surface area contributed by atoms with E-state index in [9.17, 15) is 4.79 Å². The summed E-state index contributed by atoms with van der Waals surface area (Å²) in [6.45, 7) is 1.27. The zero-order valence-electron chi connectivity index (χ0n) is 10.9. The lowest BCUT2D eigenvalue weighted by atomic mass is 9.94.